The van der Waals surface area contributed by atoms with Crippen LogP contribution in [0.4, 0.5) is 0 Å². The fourth-order valence-corrected chi connectivity index (χ4v) is 15.9. The molecule has 0 radical (unpaired) electrons. The standard InChI is InChI=1S/C57H93NO17/c1-7-8-9-10-11-12-13-14-17-41(60)58-25-27-67-49-33(4)70-53(47(65)45(49)63)73-50-40(30-59)72-54(51(48(50)66)74-52-46(64)44(62)43(61)32(3)69-52)71-35-20-23-55(5)34(28-35)18-19-36-37(55)21-24-56(6)38(36)29-39-42(56)31(2)57(75-39)22-15-16-26-68-57/h7,18,31-33,35-40,42-54,59,61-66H,1,8-17,19-30H2,2-6H3,(H,58,60)/t31-,32-,33-,35-,36+,37-,38-,39-,40+,42-,43-,44+,45-,46+,47+,48-,49-,50+,51+,52-,53-,54+,55-,56-,57+/m0/s1. The van der Waals surface area contributed by atoms with Crippen molar-refractivity contribution < 1.29 is 83.2 Å². The van der Waals surface area contributed by atoms with Crippen molar-refractivity contribution in [2.75, 3.05) is 26.4 Å². The smallest absolute Gasteiger partial charge is 0.220 e. The van der Waals surface area contributed by atoms with Gasteiger partial charge in [0.2, 0.25) is 5.91 Å². The minimum Gasteiger partial charge on any atom is -0.394 e. The second kappa shape index (κ2) is 24.6. The van der Waals surface area contributed by atoms with Crippen LogP contribution < -0.4 is 5.32 Å². The summed E-state index contributed by atoms with van der Waals surface area (Å²) in [6.07, 6.45) is 0.865. The molecule has 18 nitrogen and oxygen atoms in total. The predicted molar refractivity (Wildman–Crippen MR) is 272 cm³/mol. The molecule has 9 aliphatic rings. The Balaban J connectivity index is 0.825. The van der Waals surface area contributed by atoms with Crippen molar-refractivity contribution >= 4 is 5.91 Å². The molecule has 4 aliphatic carbocycles. The van der Waals surface area contributed by atoms with Crippen LogP contribution >= 0.6 is 0 Å². The third-order valence-electron chi connectivity index (χ3n) is 20.1. The summed E-state index contributed by atoms with van der Waals surface area (Å²) in [5.74, 6) is 1.97. The Kier molecular flexibility index (Phi) is 19.0. The average molecular weight is 1060 g/mol. The summed E-state index contributed by atoms with van der Waals surface area (Å²) < 4.78 is 57.0. The van der Waals surface area contributed by atoms with Crippen molar-refractivity contribution in [1.29, 1.82) is 0 Å². The molecular formula is C57H93NO17. The first-order chi connectivity index (χ1) is 35.9. The summed E-state index contributed by atoms with van der Waals surface area (Å²) in [5.41, 5.74) is 1.51. The zero-order chi connectivity index (χ0) is 53.4. The van der Waals surface area contributed by atoms with Crippen LogP contribution in [0.5, 0.6) is 0 Å². The number of unbranched alkanes of at least 4 members (excludes halogenated alkanes) is 6. The minimum atomic E-state index is -1.72. The molecule has 5 heterocycles. The first-order valence-corrected chi connectivity index (χ1v) is 29.1. The number of carbonyl (C=O) groups excluding carboxylic acids is 1. The Morgan fingerprint density at radius 2 is 1.49 bits per heavy atom. The van der Waals surface area contributed by atoms with Crippen molar-refractivity contribution in [3.63, 3.8) is 0 Å². The highest BCUT2D eigenvalue weighted by Gasteiger charge is 2.69. The highest BCUT2D eigenvalue weighted by molar-refractivity contribution is 5.75. The van der Waals surface area contributed by atoms with Gasteiger partial charge >= 0.3 is 0 Å². The zero-order valence-corrected chi connectivity index (χ0v) is 45.3. The first kappa shape index (κ1) is 58.0. The molecule has 0 bridgehead atoms. The lowest BCUT2D eigenvalue weighted by Gasteiger charge is -2.58. The summed E-state index contributed by atoms with van der Waals surface area (Å²) in [7, 11) is 0. The van der Waals surface area contributed by atoms with Crippen LogP contribution in [0, 0.1) is 40.4 Å². The summed E-state index contributed by atoms with van der Waals surface area (Å²) >= 11 is 0. The van der Waals surface area contributed by atoms with Crippen molar-refractivity contribution in [3.8, 4) is 0 Å². The third-order valence-corrected chi connectivity index (χ3v) is 20.1. The van der Waals surface area contributed by atoms with Crippen LogP contribution in [0.3, 0.4) is 0 Å². The van der Waals surface area contributed by atoms with E-state index in [2.05, 4.69) is 38.7 Å². The van der Waals surface area contributed by atoms with Gasteiger partial charge in [0.25, 0.3) is 0 Å². The van der Waals surface area contributed by atoms with Crippen LogP contribution in [-0.4, -0.2) is 178 Å². The lowest BCUT2D eigenvalue weighted by molar-refractivity contribution is -0.389. The zero-order valence-electron chi connectivity index (χ0n) is 45.3. The van der Waals surface area contributed by atoms with Gasteiger partial charge in [-0.3, -0.25) is 4.79 Å². The van der Waals surface area contributed by atoms with E-state index in [0.717, 1.165) is 96.5 Å². The molecule has 0 unspecified atom stereocenters. The van der Waals surface area contributed by atoms with Crippen LogP contribution in [-0.2, 0) is 47.4 Å². The topological polar surface area (TPSA) is 254 Å². The highest BCUT2D eigenvalue weighted by atomic mass is 16.8. The quantitative estimate of drug-likeness (QED) is 0.0620. The van der Waals surface area contributed by atoms with Gasteiger partial charge in [0, 0.05) is 25.3 Å². The molecular weight excluding hydrogens is 971 g/mol. The predicted octanol–water partition coefficient (Wildman–Crippen LogP) is 4.44. The minimum absolute atomic E-state index is 0.0301. The van der Waals surface area contributed by atoms with Crippen LogP contribution in [0.2, 0.25) is 0 Å². The number of carbonyl (C=O) groups is 1. The Hall–Kier alpha value is -1.69. The monoisotopic (exact) mass is 1060 g/mol. The van der Waals surface area contributed by atoms with Crippen molar-refractivity contribution in [3.05, 3.63) is 24.3 Å². The van der Waals surface area contributed by atoms with Gasteiger partial charge in [-0.25, -0.2) is 0 Å². The molecule has 75 heavy (non-hydrogen) atoms. The van der Waals surface area contributed by atoms with Gasteiger partial charge < -0.3 is 83.7 Å². The largest absolute Gasteiger partial charge is 0.394 e. The summed E-state index contributed by atoms with van der Waals surface area (Å²) in [6, 6.07) is 0. The molecule has 1 spiro atoms. The number of ether oxygens (including phenoxy) is 9. The maximum absolute atomic E-state index is 12.5. The molecule has 0 aromatic rings. The van der Waals surface area contributed by atoms with E-state index >= 15 is 0 Å². The average Bonchev–Trinajstić information content (AvgIpc) is 3.89. The number of amides is 1. The van der Waals surface area contributed by atoms with E-state index in [0.29, 0.717) is 48.9 Å². The molecule has 8 fully saturated rings. The van der Waals surface area contributed by atoms with Gasteiger partial charge in [-0.2, -0.15) is 0 Å². The number of hydrogen-bond acceptors (Lipinski definition) is 17. The molecule has 25 atom stereocenters. The summed E-state index contributed by atoms with van der Waals surface area (Å²) in [5, 5.41) is 81.0. The number of fused-ring (bicyclic) bond motifs is 7. The lowest BCUT2D eigenvalue weighted by atomic mass is 9.47. The van der Waals surface area contributed by atoms with E-state index in [1.165, 1.54) is 18.9 Å². The number of aliphatic hydroxyl groups excluding tert-OH is 7. The normalized spacial score (nSPS) is 48.6. The van der Waals surface area contributed by atoms with Gasteiger partial charge in [0.15, 0.2) is 24.7 Å². The Bertz CT molecular complexity index is 1920. The maximum Gasteiger partial charge on any atom is 0.220 e. The summed E-state index contributed by atoms with van der Waals surface area (Å²) in [6.45, 7) is 14.6. The molecule has 0 aromatic carbocycles. The lowest BCUT2D eigenvalue weighted by Crippen LogP contribution is -2.66. The maximum atomic E-state index is 12.5. The van der Waals surface area contributed by atoms with Crippen molar-refractivity contribution in [2.24, 2.45) is 40.4 Å². The summed E-state index contributed by atoms with van der Waals surface area (Å²) in [4.78, 5) is 12.5. The van der Waals surface area contributed by atoms with E-state index in [1.807, 2.05) is 6.08 Å². The Morgan fingerprint density at radius 1 is 0.773 bits per heavy atom. The molecule has 8 N–H and O–H groups in total. The molecule has 18 heteroatoms. The fraction of sp³-hybridized carbons (Fsp3) is 0.912. The molecule has 3 saturated carbocycles. The Morgan fingerprint density at radius 3 is 2.23 bits per heavy atom. The molecule has 0 aromatic heterocycles. The van der Waals surface area contributed by atoms with E-state index in [9.17, 15) is 40.5 Å². The van der Waals surface area contributed by atoms with E-state index in [4.69, 9.17) is 42.6 Å². The van der Waals surface area contributed by atoms with E-state index in [1.54, 1.807) is 6.92 Å². The molecule has 5 aliphatic heterocycles. The number of allylic oxidation sites excluding steroid dienone is 2. The number of nitrogens with one attached hydrogen (secondary N) is 1. The second-order valence-electron chi connectivity index (χ2n) is 24.6. The van der Waals surface area contributed by atoms with Crippen LogP contribution in [0.15, 0.2) is 24.3 Å². The van der Waals surface area contributed by atoms with Crippen LogP contribution in [0.1, 0.15) is 150 Å². The number of hydrogen-bond donors (Lipinski definition) is 8. The SMILES string of the molecule is C=CCCCCCCCCC(=O)NCCO[C@@H]1[C@@H](O)[C@@H](O)[C@H](O[C@H]2[C@H](O)[C@@H](O[C@@H]3O[C@@H](C)[C@H](O)[C@@H](O)[C@H]3O)[C@H](O[C@H]3CC[C@@]4(C)C(=CC[C@H]5[C@@H]6C[C@@H]7O[C@]8(CCCCO8)[C@@H](C)[C@@H]7[C@@]6(C)CC[C@@H]54)C3)O[C@@H]2CO)O[C@H]1C. The fourth-order valence-electron chi connectivity index (χ4n) is 15.9. The van der Waals surface area contributed by atoms with Gasteiger partial charge in [-0.15, -0.1) is 6.58 Å². The number of aliphatic hydroxyl groups is 7. The van der Waals surface area contributed by atoms with Gasteiger partial charge in [0.05, 0.1) is 44.2 Å². The van der Waals surface area contributed by atoms with Gasteiger partial charge in [0.1, 0.15) is 61.0 Å². The highest BCUT2D eigenvalue weighted by Crippen LogP contribution is 2.70. The molecule has 1 amide bonds. The number of rotatable bonds is 20. The molecule has 9 rings (SSSR count). The van der Waals surface area contributed by atoms with E-state index in [-0.39, 0.29) is 42.1 Å². The third kappa shape index (κ3) is 11.6. The first-order valence-electron chi connectivity index (χ1n) is 29.1. The van der Waals surface area contributed by atoms with Crippen molar-refractivity contribution in [2.45, 2.75) is 260 Å². The van der Waals surface area contributed by atoms with Gasteiger partial charge in [-0.05, 0) is 125 Å². The second-order valence-corrected chi connectivity index (χ2v) is 24.6. The van der Waals surface area contributed by atoms with E-state index < -0.39 is 105 Å². The van der Waals surface area contributed by atoms with Crippen molar-refractivity contribution in [1.82, 2.24) is 5.32 Å². The van der Waals surface area contributed by atoms with Crippen LogP contribution in [0.25, 0.3) is 0 Å². The molecule has 428 valence electrons. The van der Waals surface area contributed by atoms with Gasteiger partial charge in [-0.1, -0.05) is 64.2 Å². The Labute approximate surface area is 444 Å². The molecule has 5 saturated heterocycles.